The molecule has 0 saturated heterocycles. The molecule has 4 heteroatoms. The lowest BCUT2D eigenvalue weighted by molar-refractivity contribution is -0.140. The molecule has 0 aliphatic carbocycles. The van der Waals surface area contributed by atoms with Crippen LogP contribution in [0.3, 0.4) is 0 Å². The fourth-order valence-electron chi connectivity index (χ4n) is 0.634. The predicted molar refractivity (Wildman–Crippen MR) is 41.0 cm³/mol. The maximum absolute atomic E-state index is 11.0. The number of amides is 1. The summed E-state index contributed by atoms with van der Waals surface area (Å²) in [5.41, 5.74) is 0. The minimum atomic E-state index is -0.992. The Labute approximate surface area is 66.4 Å². The highest BCUT2D eigenvalue weighted by Gasteiger charge is 2.18. The number of carbonyl (C=O) groups is 1. The molecule has 0 spiro atoms. The minimum Gasteiger partial charge on any atom is -0.394 e. The largest absolute Gasteiger partial charge is 0.394 e. The SMILES string of the molecule is C[C@H](O)C(=O)N(C)[C@H](C)CO. The molecule has 0 aromatic heterocycles. The van der Waals surface area contributed by atoms with E-state index in [1.165, 1.54) is 11.8 Å². The summed E-state index contributed by atoms with van der Waals surface area (Å²) in [7, 11) is 1.55. The van der Waals surface area contributed by atoms with Crippen molar-refractivity contribution in [2.24, 2.45) is 0 Å². The van der Waals surface area contributed by atoms with Crippen molar-refractivity contribution in [1.29, 1.82) is 0 Å². The Balaban J connectivity index is 4.02. The quantitative estimate of drug-likeness (QED) is 0.570. The molecule has 1 amide bonds. The zero-order valence-corrected chi connectivity index (χ0v) is 7.11. The summed E-state index contributed by atoms with van der Waals surface area (Å²) in [4.78, 5) is 12.3. The van der Waals surface area contributed by atoms with Crippen molar-refractivity contribution in [2.75, 3.05) is 13.7 Å². The van der Waals surface area contributed by atoms with E-state index in [1.807, 2.05) is 0 Å². The van der Waals surface area contributed by atoms with E-state index in [-0.39, 0.29) is 18.6 Å². The van der Waals surface area contributed by atoms with Crippen LogP contribution in [0.1, 0.15) is 13.8 Å². The predicted octanol–water partition coefficient (Wildman–Crippen LogP) is -0.794. The smallest absolute Gasteiger partial charge is 0.251 e. The van der Waals surface area contributed by atoms with Crippen LogP contribution in [0.2, 0.25) is 0 Å². The monoisotopic (exact) mass is 161 g/mol. The average molecular weight is 161 g/mol. The number of likely N-dealkylation sites (N-methyl/N-ethyl adjacent to an activating group) is 1. The normalized spacial score (nSPS) is 15.7. The molecule has 0 aliphatic rings. The van der Waals surface area contributed by atoms with E-state index in [0.717, 1.165) is 0 Å². The first kappa shape index (κ1) is 10.4. The van der Waals surface area contributed by atoms with Crippen LogP contribution in [0.4, 0.5) is 0 Å². The second-order valence-corrected chi connectivity index (χ2v) is 2.66. The van der Waals surface area contributed by atoms with Crippen LogP contribution in [0.5, 0.6) is 0 Å². The molecule has 0 saturated carbocycles. The fourth-order valence-corrected chi connectivity index (χ4v) is 0.634. The van der Waals surface area contributed by atoms with E-state index < -0.39 is 6.10 Å². The zero-order chi connectivity index (χ0) is 9.02. The van der Waals surface area contributed by atoms with Gasteiger partial charge in [-0.25, -0.2) is 0 Å². The Hall–Kier alpha value is -0.610. The lowest BCUT2D eigenvalue weighted by Gasteiger charge is -2.24. The summed E-state index contributed by atoms with van der Waals surface area (Å²) in [6, 6.07) is -0.239. The van der Waals surface area contributed by atoms with Crippen molar-refractivity contribution in [3.63, 3.8) is 0 Å². The zero-order valence-electron chi connectivity index (χ0n) is 7.11. The molecule has 0 unspecified atom stereocenters. The average Bonchev–Trinajstić information content (AvgIpc) is 2.00. The van der Waals surface area contributed by atoms with Gasteiger partial charge in [-0.3, -0.25) is 4.79 Å². The molecule has 4 nitrogen and oxygen atoms in total. The van der Waals surface area contributed by atoms with Crippen LogP contribution >= 0.6 is 0 Å². The lowest BCUT2D eigenvalue weighted by atomic mass is 10.2. The molecular formula is C7H15NO3. The van der Waals surface area contributed by atoms with Gasteiger partial charge in [0.2, 0.25) is 0 Å². The third-order valence-corrected chi connectivity index (χ3v) is 1.63. The molecule has 0 heterocycles. The molecule has 0 aromatic rings. The molecule has 2 N–H and O–H groups in total. The topological polar surface area (TPSA) is 60.8 Å². The number of aliphatic hydroxyl groups is 2. The van der Waals surface area contributed by atoms with Crippen LogP contribution in [-0.4, -0.2) is 46.8 Å². The van der Waals surface area contributed by atoms with Gasteiger partial charge in [0.15, 0.2) is 0 Å². The van der Waals surface area contributed by atoms with Gasteiger partial charge in [0, 0.05) is 7.05 Å². The molecule has 0 rings (SSSR count). The summed E-state index contributed by atoms with van der Waals surface area (Å²) in [5.74, 6) is -0.369. The second-order valence-electron chi connectivity index (χ2n) is 2.66. The molecule has 66 valence electrons. The molecule has 2 atom stereocenters. The Morgan fingerprint density at radius 1 is 1.55 bits per heavy atom. The highest BCUT2D eigenvalue weighted by molar-refractivity contribution is 5.80. The molecule has 0 fully saturated rings. The van der Waals surface area contributed by atoms with E-state index in [2.05, 4.69) is 0 Å². The van der Waals surface area contributed by atoms with Crippen molar-refractivity contribution in [3.8, 4) is 0 Å². The third kappa shape index (κ3) is 2.86. The lowest BCUT2D eigenvalue weighted by Crippen LogP contribution is -2.42. The highest BCUT2D eigenvalue weighted by Crippen LogP contribution is 1.97. The van der Waals surface area contributed by atoms with Crippen molar-refractivity contribution < 1.29 is 15.0 Å². The van der Waals surface area contributed by atoms with Gasteiger partial charge >= 0.3 is 0 Å². The van der Waals surface area contributed by atoms with E-state index in [4.69, 9.17) is 10.2 Å². The van der Waals surface area contributed by atoms with Crippen LogP contribution < -0.4 is 0 Å². The summed E-state index contributed by atoms with van der Waals surface area (Å²) in [6.45, 7) is 3.03. The molecular weight excluding hydrogens is 146 g/mol. The molecule has 11 heavy (non-hydrogen) atoms. The van der Waals surface area contributed by atoms with Gasteiger partial charge in [0.25, 0.3) is 5.91 Å². The fraction of sp³-hybridized carbons (Fsp3) is 0.857. The standard InChI is InChI=1S/C7H15NO3/c1-5(4-9)8(3)7(11)6(2)10/h5-6,9-10H,4H2,1-3H3/t5-,6+/m1/s1. The van der Waals surface area contributed by atoms with E-state index in [1.54, 1.807) is 14.0 Å². The van der Waals surface area contributed by atoms with E-state index in [9.17, 15) is 4.79 Å². The van der Waals surface area contributed by atoms with Gasteiger partial charge in [0.1, 0.15) is 6.10 Å². The van der Waals surface area contributed by atoms with Gasteiger partial charge < -0.3 is 15.1 Å². The number of aliphatic hydroxyl groups excluding tert-OH is 2. The first-order valence-corrected chi connectivity index (χ1v) is 3.56. The number of carbonyl (C=O) groups excluding carboxylic acids is 1. The Bertz CT molecular complexity index is 136. The van der Waals surface area contributed by atoms with Crippen molar-refractivity contribution >= 4 is 5.91 Å². The van der Waals surface area contributed by atoms with Gasteiger partial charge in [-0.2, -0.15) is 0 Å². The third-order valence-electron chi connectivity index (χ3n) is 1.63. The first-order chi connectivity index (χ1) is 5.00. The Kier molecular flexibility index (Phi) is 4.07. The maximum atomic E-state index is 11.0. The van der Waals surface area contributed by atoms with E-state index in [0.29, 0.717) is 0 Å². The number of nitrogens with zero attached hydrogens (tertiary/aromatic N) is 1. The van der Waals surface area contributed by atoms with Crippen molar-refractivity contribution in [1.82, 2.24) is 4.90 Å². The molecule has 0 radical (unpaired) electrons. The van der Waals surface area contributed by atoms with Gasteiger partial charge in [0.05, 0.1) is 12.6 Å². The number of rotatable bonds is 3. The summed E-state index contributed by atoms with van der Waals surface area (Å²) >= 11 is 0. The Morgan fingerprint density at radius 3 is 2.27 bits per heavy atom. The second kappa shape index (κ2) is 4.31. The minimum absolute atomic E-state index is 0.0883. The maximum Gasteiger partial charge on any atom is 0.251 e. The molecule has 0 aliphatic heterocycles. The number of hydrogen-bond donors (Lipinski definition) is 2. The van der Waals surface area contributed by atoms with Crippen molar-refractivity contribution in [2.45, 2.75) is 26.0 Å². The summed E-state index contributed by atoms with van der Waals surface area (Å²) < 4.78 is 0. The van der Waals surface area contributed by atoms with Gasteiger partial charge in [-0.05, 0) is 13.8 Å². The summed E-state index contributed by atoms with van der Waals surface area (Å²) in [6.07, 6.45) is -0.992. The summed E-state index contributed by atoms with van der Waals surface area (Å²) in [5, 5.41) is 17.5. The van der Waals surface area contributed by atoms with Gasteiger partial charge in [-0.15, -0.1) is 0 Å². The van der Waals surface area contributed by atoms with E-state index >= 15 is 0 Å². The van der Waals surface area contributed by atoms with Crippen LogP contribution in [-0.2, 0) is 4.79 Å². The van der Waals surface area contributed by atoms with Crippen LogP contribution in [0, 0.1) is 0 Å². The van der Waals surface area contributed by atoms with Crippen LogP contribution in [0.15, 0.2) is 0 Å². The number of hydrogen-bond acceptors (Lipinski definition) is 3. The highest BCUT2D eigenvalue weighted by atomic mass is 16.3. The van der Waals surface area contributed by atoms with Crippen LogP contribution in [0.25, 0.3) is 0 Å². The van der Waals surface area contributed by atoms with Crippen molar-refractivity contribution in [3.05, 3.63) is 0 Å². The first-order valence-electron chi connectivity index (χ1n) is 3.56. The molecule has 0 bridgehead atoms. The van der Waals surface area contributed by atoms with Gasteiger partial charge in [-0.1, -0.05) is 0 Å². The Morgan fingerprint density at radius 2 is 2.00 bits per heavy atom. The molecule has 0 aromatic carbocycles.